The molecule has 0 saturated carbocycles. The molecule has 1 aliphatic rings. The number of amides is 1. The Kier molecular flexibility index (Phi) is 3.52. The van der Waals surface area contributed by atoms with Crippen molar-refractivity contribution in [1.82, 2.24) is 10.3 Å². The SMILES string of the molecule is CCN(c1nc(C)cc(C)c1C(N)=O)C1CNC1. The van der Waals surface area contributed by atoms with Gasteiger partial charge < -0.3 is 16.0 Å². The molecule has 0 atom stereocenters. The lowest BCUT2D eigenvalue weighted by Crippen LogP contribution is -2.58. The van der Waals surface area contributed by atoms with Crippen LogP contribution in [0, 0.1) is 13.8 Å². The molecule has 1 aromatic rings. The van der Waals surface area contributed by atoms with Gasteiger partial charge in [0, 0.05) is 25.3 Å². The van der Waals surface area contributed by atoms with Gasteiger partial charge in [-0.1, -0.05) is 0 Å². The van der Waals surface area contributed by atoms with Crippen molar-refractivity contribution in [2.45, 2.75) is 26.8 Å². The number of rotatable bonds is 4. The largest absolute Gasteiger partial charge is 0.365 e. The van der Waals surface area contributed by atoms with Crippen molar-refractivity contribution in [3.8, 4) is 0 Å². The maximum Gasteiger partial charge on any atom is 0.252 e. The van der Waals surface area contributed by atoms with Crippen LogP contribution < -0.4 is 16.0 Å². The first kappa shape index (κ1) is 12.8. The summed E-state index contributed by atoms with van der Waals surface area (Å²) in [4.78, 5) is 18.3. The first-order valence-electron chi connectivity index (χ1n) is 6.30. The molecule has 5 nitrogen and oxygen atoms in total. The van der Waals surface area contributed by atoms with Crippen LogP contribution >= 0.6 is 0 Å². The van der Waals surface area contributed by atoms with E-state index >= 15 is 0 Å². The number of primary amides is 1. The molecule has 1 amide bonds. The molecule has 0 bridgehead atoms. The van der Waals surface area contributed by atoms with E-state index in [0.29, 0.717) is 11.6 Å². The van der Waals surface area contributed by atoms with Crippen molar-refractivity contribution in [2.24, 2.45) is 5.73 Å². The van der Waals surface area contributed by atoms with Gasteiger partial charge in [-0.25, -0.2) is 4.98 Å². The summed E-state index contributed by atoms with van der Waals surface area (Å²) in [6.45, 7) is 8.60. The summed E-state index contributed by atoms with van der Waals surface area (Å²) in [5, 5.41) is 3.24. The van der Waals surface area contributed by atoms with Crippen LogP contribution in [0.3, 0.4) is 0 Å². The summed E-state index contributed by atoms with van der Waals surface area (Å²) in [7, 11) is 0. The molecule has 0 aromatic carbocycles. The third-order valence-corrected chi connectivity index (χ3v) is 3.39. The van der Waals surface area contributed by atoms with Crippen molar-refractivity contribution in [3.63, 3.8) is 0 Å². The van der Waals surface area contributed by atoms with E-state index < -0.39 is 5.91 Å². The fourth-order valence-corrected chi connectivity index (χ4v) is 2.40. The highest BCUT2D eigenvalue weighted by atomic mass is 16.1. The molecule has 18 heavy (non-hydrogen) atoms. The molecule has 1 saturated heterocycles. The standard InChI is InChI=1S/C13H20N4O/c1-4-17(10-6-15-7-10)13-11(12(14)18)8(2)5-9(3)16-13/h5,10,15H,4,6-7H2,1-3H3,(H2,14,18). The minimum atomic E-state index is -0.402. The second-order valence-corrected chi connectivity index (χ2v) is 4.74. The minimum Gasteiger partial charge on any atom is -0.365 e. The number of likely N-dealkylation sites (N-methyl/N-ethyl adjacent to an activating group) is 1. The molecule has 3 N–H and O–H groups in total. The van der Waals surface area contributed by atoms with Crippen LogP contribution in [0.5, 0.6) is 0 Å². The summed E-state index contributed by atoms with van der Waals surface area (Å²) in [6, 6.07) is 2.30. The summed E-state index contributed by atoms with van der Waals surface area (Å²) in [5.74, 6) is 0.328. The number of hydrogen-bond acceptors (Lipinski definition) is 4. The van der Waals surface area contributed by atoms with Gasteiger partial charge in [-0.3, -0.25) is 4.79 Å². The predicted octanol–water partition coefficient (Wildman–Crippen LogP) is 0.595. The molecule has 0 unspecified atom stereocenters. The van der Waals surface area contributed by atoms with Gasteiger partial charge in [0.05, 0.1) is 11.6 Å². The summed E-state index contributed by atoms with van der Waals surface area (Å²) in [6.07, 6.45) is 0. The maximum atomic E-state index is 11.6. The summed E-state index contributed by atoms with van der Waals surface area (Å²) < 4.78 is 0. The first-order chi connectivity index (χ1) is 8.54. The average molecular weight is 248 g/mol. The molecule has 5 heteroatoms. The lowest BCUT2D eigenvalue weighted by molar-refractivity contribution is 0.0999. The van der Waals surface area contributed by atoms with Crippen molar-refractivity contribution < 1.29 is 4.79 Å². The van der Waals surface area contributed by atoms with Crippen molar-refractivity contribution in [1.29, 1.82) is 0 Å². The van der Waals surface area contributed by atoms with Crippen molar-refractivity contribution in [2.75, 3.05) is 24.5 Å². The molecule has 1 aromatic heterocycles. The van der Waals surface area contributed by atoms with Gasteiger partial charge >= 0.3 is 0 Å². The average Bonchev–Trinajstić information content (AvgIpc) is 2.20. The third-order valence-electron chi connectivity index (χ3n) is 3.39. The molecule has 2 rings (SSSR count). The molecule has 0 aliphatic carbocycles. The van der Waals surface area contributed by atoms with Crippen LogP contribution in [0.4, 0.5) is 5.82 Å². The van der Waals surface area contributed by atoms with E-state index in [2.05, 4.69) is 22.1 Å². The van der Waals surface area contributed by atoms with E-state index in [1.54, 1.807) is 0 Å². The topological polar surface area (TPSA) is 71.2 Å². The van der Waals surface area contributed by atoms with Gasteiger partial charge in [0.25, 0.3) is 5.91 Å². The molecule has 1 fully saturated rings. The summed E-state index contributed by atoms with van der Waals surface area (Å²) in [5.41, 5.74) is 7.86. The van der Waals surface area contributed by atoms with Crippen LogP contribution in [0.1, 0.15) is 28.5 Å². The Morgan fingerprint density at radius 2 is 2.22 bits per heavy atom. The quantitative estimate of drug-likeness (QED) is 0.818. The Morgan fingerprint density at radius 1 is 1.56 bits per heavy atom. The molecule has 98 valence electrons. The van der Waals surface area contributed by atoms with E-state index in [-0.39, 0.29) is 0 Å². The number of pyridine rings is 1. The van der Waals surface area contributed by atoms with E-state index in [9.17, 15) is 4.79 Å². The molecule has 2 heterocycles. The summed E-state index contributed by atoms with van der Waals surface area (Å²) >= 11 is 0. The lowest BCUT2D eigenvalue weighted by atomic mass is 10.1. The van der Waals surface area contributed by atoms with E-state index in [1.165, 1.54) is 0 Å². The normalized spacial score (nSPS) is 15.3. The Morgan fingerprint density at radius 3 is 2.67 bits per heavy atom. The highest BCUT2D eigenvalue weighted by molar-refractivity contribution is 5.99. The van der Waals surface area contributed by atoms with Gasteiger partial charge in [0.1, 0.15) is 5.82 Å². The second-order valence-electron chi connectivity index (χ2n) is 4.74. The molecular formula is C13H20N4O. The van der Waals surface area contributed by atoms with Crippen molar-refractivity contribution >= 4 is 11.7 Å². The Bertz CT molecular complexity index is 468. The van der Waals surface area contributed by atoms with Crippen LogP contribution in [-0.4, -0.2) is 36.6 Å². The number of aryl methyl sites for hydroxylation is 2. The smallest absolute Gasteiger partial charge is 0.252 e. The fourth-order valence-electron chi connectivity index (χ4n) is 2.40. The number of aromatic nitrogens is 1. The zero-order valence-corrected chi connectivity index (χ0v) is 11.2. The minimum absolute atomic E-state index is 0.402. The number of carbonyl (C=O) groups excluding carboxylic acids is 1. The van der Waals surface area contributed by atoms with Gasteiger partial charge in [-0.15, -0.1) is 0 Å². The maximum absolute atomic E-state index is 11.6. The van der Waals surface area contributed by atoms with Gasteiger partial charge in [-0.2, -0.15) is 0 Å². The Balaban J connectivity index is 2.49. The zero-order valence-electron chi connectivity index (χ0n) is 11.2. The van der Waals surface area contributed by atoms with E-state index in [4.69, 9.17) is 5.73 Å². The number of carbonyl (C=O) groups is 1. The highest BCUT2D eigenvalue weighted by Crippen LogP contribution is 2.24. The van der Waals surface area contributed by atoms with E-state index in [0.717, 1.165) is 36.7 Å². The lowest BCUT2D eigenvalue weighted by Gasteiger charge is -2.39. The Hall–Kier alpha value is -1.62. The number of nitrogens with zero attached hydrogens (tertiary/aromatic N) is 2. The monoisotopic (exact) mass is 248 g/mol. The molecular weight excluding hydrogens is 228 g/mol. The molecule has 1 aliphatic heterocycles. The first-order valence-corrected chi connectivity index (χ1v) is 6.30. The Labute approximate surface area is 107 Å². The molecule has 0 spiro atoms. The zero-order chi connectivity index (χ0) is 13.3. The number of anilines is 1. The van der Waals surface area contributed by atoms with Crippen molar-refractivity contribution in [3.05, 3.63) is 22.9 Å². The predicted molar refractivity (Wildman–Crippen MR) is 71.9 cm³/mol. The van der Waals surface area contributed by atoms with Crippen LogP contribution in [0.15, 0.2) is 6.07 Å². The molecule has 0 radical (unpaired) electrons. The van der Waals surface area contributed by atoms with E-state index in [1.807, 2.05) is 19.9 Å². The van der Waals surface area contributed by atoms with Gasteiger partial charge in [0.15, 0.2) is 0 Å². The number of nitrogens with one attached hydrogen (secondary N) is 1. The third kappa shape index (κ3) is 2.18. The fraction of sp³-hybridized carbons (Fsp3) is 0.538. The second kappa shape index (κ2) is 4.94. The van der Waals surface area contributed by atoms with Gasteiger partial charge in [0.2, 0.25) is 0 Å². The van der Waals surface area contributed by atoms with Gasteiger partial charge in [-0.05, 0) is 32.4 Å². The number of hydrogen-bond donors (Lipinski definition) is 2. The highest BCUT2D eigenvalue weighted by Gasteiger charge is 2.28. The van der Waals surface area contributed by atoms with Crippen LogP contribution in [-0.2, 0) is 0 Å². The number of nitrogens with two attached hydrogens (primary N) is 1. The van der Waals surface area contributed by atoms with Crippen LogP contribution in [0.2, 0.25) is 0 Å². The van der Waals surface area contributed by atoms with Crippen LogP contribution in [0.25, 0.3) is 0 Å².